The van der Waals surface area contributed by atoms with Crippen molar-refractivity contribution < 1.29 is 28.6 Å². The zero-order valence-electron chi connectivity index (χ0n) is 24.6. The Bertz CT molecular complexity index is 1810. The lowest BCUT2D eigenvalue weighted by atomic mass is 9.98. The molecule has 1 fully saturated rings. The summed E-state index contributed by atoms with van der Waals surface area (Å²) in [5, 5.41) is 13.0. The third-order valence-corrected chi connectivity index (χ3v) is 8.07. The fourth-order valence-corrected chi connectivity index (χ4v) is 5.58. The molecule has 0 spiro atoms. The lowest BCUT2D eigenvalue weighted by Gasteiger charge is -2.32. The number of carbonyl (C=O) groups is 2. The van der Waals surface area contributed by atoms with Gasteiger partial charge >= 0.3 is 5.97 Å². The van der Waals surface area contributed by atoms with Gasteiger partial charge in [-0.05, 0) is 79.8 Å². The number of hydrogen-bond acceptors (Lipinski definition) is 7. The van der Waals surface area contributed by atoms with Crippen LogP contribution < -0.4 is 19.7 Å². The third-order valence-electron chi connectivity index (χ3n) is 8.07. The summed E-state index contributed by atoms with van der Waals surface area (Å²) in [4.78, 5) is 31.2. The zero-order valence-corrected chi connectivity index (χ0v) is 24.6. The number of methoxy groups -OCH3 is 1. The van der Waals surface area contributed by atoms with Crippen LogP contribution in [0, 0.1) is 12.8 Å². The first-order valence-corrected chi connectivity index (χ1v) is 14.5. The maximum atomic E-state index is 13.2. The number of pyridine rings is 1. The molecule has 9 heteroatoms. The molecule has 2 aromatic heterocycles. The molecule has 1 aliphatic rings. The van der Waals surface area contributed by atoms with Crippen LogP contribution in [-0.2, 0) is 0 Å². The maximum Gasteiger partial charge on any atom is 0.335 e. The smallest absolute Gasteiger partial charge is 0.335 e. The summed E-state index contributed by atoms with van der Waals surface area (Å²) >= 11 is 0. The largest absolute Gasteiger partial charge is 0.496 e. The van der Waals surface area contributed by atoms with Gasteiger partial charge in [0.25, 0.3) is 5.91 Å². The van der Waals surface area contributed by atoms with Gasteiger partial charge in [0.15, 0.2) is 5.76 Å². The van der Waals surface area contributed by atoms with Crippen LogP contribution in [0.2, 0.25) is 0 Å². The molecular formula is C35H33N3O6. The highest BCUT2D eigenvalue weighted by atomic mass is 16.5. The van der Waals surface area contributed by atoms with Crippen molar-refractivity contribution in [1.29, 1.82) is 0 Å². The molecule has 0 aliphatic carbocycles. The van der Waals surface area contributed by atoms with E-state index < -0.39 is 5.97 Å². The number of aromatic carboxylic acids is 1. The number of carboxylic acids is 1. The Kier molecular flexibility index (Phi) is 8.18. The van der Waals surface area contributed by atoms with E-state index in [0.29, 0.717) is 29.5 Å². The minimum absolute atomic E-state index is 0.217. The number of anilines is 2. The number of hydrogen-bond donors (Lipinski definition) is 2. The van der Waals surface area contributed by atoms with Crippen molar-refractivity contribution in [3.05, 3.63) is 102 Å². The fourth-order valence-electron chi connectivity index (χ4n) is 5.58. The highest BCUT2D eigenvalue weighted by Gasteiger charge is 2.22. The molecule has 0 radical (unpaired) electrons. The standard InChI is InChI=1S/C35H33N3O6/c1-22-29-19-24(28-8-3-4-9-30(28)42-2)10-12-31(29)44-33(22)34(39)37-26-11-13-32(36-20-26)38-16-14-23(15-17-38)21-43-27-7-5-6-25(18-27)35(40)41/h3-13,18-20,23H,14-17,21H2,1-2H3,(H,37,39)(H,40,41). The minimum atomic E-state index is -0.967. The Hall–Kier alpha value is -5.31. The van der Waals surface area contributed by atoms with Crippen molar-refractivity contribution >= 4 is 34.4 Å². The quantitative estimate of drug-likeness (QED) is 0.187. The summed E-state index contributed by atoms with van der Waals surface area (Å²) in [7, 11) is 1.65. The van der Waals surface area contributed by atoms with Crippen LogP contribution in [0.5, 0.6) is 11.5 Å². The van der Waals surface area contributed by atoms with Gasteiger partial charge in [-0.25, -0.2) is 9.78 Å². The van der Waals surface area contributed by atoms with Crippen LogP contribution in [0.25, 0.3) is 22.1 Å². The molecule has 0 saturated carbocycles. The van der Waals surface area contributed by atoms with Gasteiger partial charge < -0.3 is 29.2 Å². The number of fused-ring (bicyclic) bond motifs is 1. The second kappa shape index (κ2) is 12.5. The van der Waals surface area contributed by atoms with Crippen molar-refractivity contribution in [3.8, 4) is 22.6 Å². The van der Waals surface area contributed by atoms with Crippen LogP contribution in [0.1, 0.15) is 39.3 Å². The highest BCUT2D eigenvalue weighted by molar-refractivity contribution is 6.06. The normalized spacial score (nSPS) is 13.5. The number of nitrogens with one attached hydrogen (secondary N) is 1. The Morgan fingerprint density at radius 2 is 1.84 bits per heavy atom. The van der Waals surface area contributed by atoms with E-state index in [1.807, 2.05) is 61.5 Å². The van der Waals surface area contributed by atoms with Crippen molar-refractivity contribution in [2.75, 3.05) is 37.0 Å². The van der Waals surface area contributed by atoms with E-state index in [2.05, 4.69) is 15.2 Å². The Morgan fingerprint density at radius 1 is 1.02 bits per heavy atom. The van der Waals surface area contributed by atoms with Gasteiger partial charge in [0.2, 0.25) is 0 Å². The summed E-state index contributed by atoms with van der Waals surface area (Å²) in [5.74, 6) is 1.53. The monoisotopic (exact) mass is 591 g/mol. The van der Waals surface area contributed by atoms with Crippen molar-refractivity contribution in [2.24, 2.45) is 5.92 Å². The van der Waals surface area contributed by atoms with E-state index in [-0.39, 0.29) is 17.2 Å². The molecular weight excluding hydrogens is 558 g/mol. The molecule has 1 saturated heterocycles. The van der Waals surface area contributed by atoms with Gasteiger partial charge in [0.05, 0.1) is 31.2 Å². The number of aromatic nitrogens is 1. The predicted molar refractivity (Wildman–Crippen MR) is 169 cm³/mol. The molecule has 0 bridgehead atoms. The number of nitrogens with zero attached hydrogens (tertiary/aromatic N) is 2. The van der Waals surface area contributed by atoms with Gasteiger partial charge in [0.1, 0.15) is 22.9 Å². The van der Waals surface area contributed by atoms with Gasteiger partial charge in [-0.1, -0.05) is 30.3 Å². The Balaban J connectivity index is 1.05. The van der Waals surface area contributed by atoms with E-state index in [1.54, 1.807) is 37.6 Å². The SMILES string of the molecule is COc1ccccc1-c1ccc2oc(C(=O)Nc3ccc(N4CCC(COc5cccc(C(=O)O)c5)CC4)nc3)c(C)c2c1. The number of rotatable bonds is 9. The zero-order chi connectivity index (χ0) is 30.6. The molecule has 6 rings (SSSR count). The number of benzene rings is 3. The maximum absolute atomic E-state index is 13.2. The lowest BCUT2D eigenvalue weighted by molar-refractivity contribution is 0.0696. The van der Waals surface area contributed by atoms with Gasteiger partial charge in [0, 0.05) is 29.6 Å². The number of carbonyl (C=O) groups excluding carboxylic acids is 1. The van der Waals surface area contributed by atoms with Crippen LogP contribution in [0.15, 0.2) is 89.5 Å². The Morgan fingerprint density at radius 3 is 2.59 bits per heavy atom. The first kappa shape index (κ1) is 28.8. The number of piperidine rings is 1. The number of amides is 1. The molecule has 3 aromatic carbocycles. The molecule has 9 nitrogen and oxygen atoms in total. The molecule has 2 N–H and O–H groups in total. The van der Waals surface area contributed by atoms with E-state index in [0.717, 1.165) is 59.6 Å². The molecule has 1 aliphatic heterocycles. The molecule has 0 atom stereocenters. The molecule has 1 amide bonds. The number of ether oxygens (including phenoxy) is 2. The summed E-state index contributed by atoms with van der Waals surface area (Å²) in [6.45, 7) is 4.09. The molecule has 5 aromatic rings. The van der Waals surface area contributed by atoms with E-state index in [1.165, 1.54) is 0 Å². The first-order chi connectivity index (χ1) is 21.4. The summed E-state index contributed by atoms with van der Waals surface area (Å²) in [5.41, 5.74) is 4.15. The topological polar surface area (TPSA) is 114 Å². The van der Waals surface area contributed by atoms with Crippen molar-refractivity contribution in [1.82, 2.24) is 4.98 Å². The summed E-state index contributed by atoms with van der Waals surface area (Å²) in [6.07, 6.45) is 3.53. The third kappa shape index (κ3) is 6.08. The second-order valence-corrected chi connectivity index (χ2v) is 10.9. The number of furan rings is 1. The van der Waals surface area contributed by atoms with E-state index >= 15 is 0 Å². The van der Waals surface area contributed by atoms with Crippen LogP contribution >= 0.6 is 0 Å². The second-order valence-electron chi connectivity index (χ2n) is 10.9. The van der Waals surface area contributed by atoms with Crippen LogP contribution in [-0.4, -0.2) is 48.8 Å². The van der Waals surface area contributed by atoms with Gasteiger partial charge in [-0.15, -0.1) is 0 Å². The molecule has 224 valence electrons. The highest BCUT2D eigenvalue weighted by Crippen LogP contribution is 2.34. The summed E-state index contributed by atoms with van der Waals surface area (Å²) in [6, 6.07) is 24.0. The minimum Gasteiger partial charge on any atom is -0.496 e. The molecule has 44 heavy (non-hydrogen) atoms. The average Bonchev–Trinajstić information content (AvgIpc) is 3.40. The fraction of sp³-hybridized carbons (Fsp3) is 0.229. The predicted octanol–water partition coefficient (Wildman–Crippen LogP) is 7.06. The molecule has 3 heterocycles. The van der Waals surface area contributed by atoms with Crippen LogP contribution in [0.4, 0.5) is 11.5 Å². The van der Waals surface area contributed by atoms with Crippen molar-refractivity contribution in [3.63, 3.8) is 0 Å². The average molecular weight is 592 g/mol. The Labute approximate surface area is 255 Å². The van der Waals surface area contributed by atoms with Crippen molar-refractivity contribution in [2.45, 2.75) is 19.8 Å². The van der Waals surface area contributed by atoms with E-state index in [4.69, 9.17) is 13.9 Å². The number of para-hydroxylation sites is 1. The number of aryl methyl sites for hydroxylation is 1. The van der Waals surface area contributed by atoms with E-state index in [9.17, 15) is 14.7 Å². The lowest BCUT2D eigenvalue weighted by Crippen LogP contribution is -2.36. The van der Waals surface area contributed by atoms with Gasteiger partial charge in [-0.3, -0.25) is 4.79 Å². The molecule has 0 unspecified atom stereocenters. The number of carboxylic acid groups (broad SMARTS) is 1. The van der Waals surface area contributed by atoms with Gasteiger partial charge in [-0.2, -0.15) is 0 Å². The first-order valence-electron chi connectivity index (χ1n) is 14.5. The summed E-state index contributed by atoms with van der Waals surface area (Å²) < 4.78 is 17.4. The van der Waals surface area contributed by atoms with Crippen LogP contribution in [0.3, 0.4) is 0 Å².